The van der Waals surface area contributed by atoms with E-state index in [1.807, 2.05) is 30.3 Å². The first-order valence-corrected chi connectivity index (χ1v) is 7.26. The Labute approximate surface area is 123 Å². The highest BCUT2D eigenvalue weighted by atomic mass is 16.2. The highest BCUT2D eigenvalue weighted by Crippen LogP contribution is 2.25. The lowest BCUT2D eigenvalue weighted by Crippen LogP contribution is -2.41. The van der Waals surface area contributed by atoms with Crippen molar-refractivity contribution in [2.24, 2.45) is 0 Å². The molecular formula is C15H19N5O. The Kier molecular flexibility index (Phi) is 3.94. The van der Waals surface area contributed by atoms with Crippen LogP contribution >= 0.6 is 0 Å². The number of piperidine rings is 1. The molecule has 0 N–H and O–H groups in total. The summed E-state index contributed by atoms with van der Waals surface area (Å²) in [5, 5.41) is 4.09. The molecule has 0 saturated carbocycles. The number of aromatic nitrogens is 4. The Hall–Kier alpha value is -2.24. The molecule has 1 amide bonds. The van der Waals surface area contributed by atoms with Gasteiger partial charge < -0.3 is 4.90 Å². The van der Waals surface area contributed by atoms with Crippen LogP contribution in [0.1, 0.15) is 30.1 Å². The summed E-state index contributed by atoms with van der Waals surface area (Å²) in [6.07, 6.45) is 9.14. The van der Waals surface area contributed by atoms with Crippen molar-refractivity contribution in [2.45, 2.75) is 32.2 Å². The molecule has 0 aliphatic carbocycles. The van der Waals surface area contributed by atoms with Gasteiger partial charge in [0.05, 0.1) is 11.4 Å². The van der Waals surface area contributed by atoms with Gasteiger partial charge >= 0.3 is 0 Å². The minimum atomic E-state index is 0.115. The number of hydrogen-bond donors (Lipinski definition) is 0. The predicted molar refractivity (Wildman–Crippen MR) is 77.6 cm³/mol. The zero-order chi connectivity index (χ0) is 14.7. The Morgan fingerprint density at radius 2 is 2.33 bits per heavy atom. The van der Waals surface area contributed by atoms with E-state index in [1.54, 1.807) is 17.1 Å². The first-order valence-electron chi connectivity index (χ1n) is 7.26. The monoisotopic (exact) mass is 285 g/mol. The molecule has 1 aliphatic rings. The van der Waals surface area contributed by atoms with Gasteiger partial charge in [-0.15, -0.1) is 0 Å². The number of hydrogen-bond acceptors (Lipinski definition) is 4. The number of carbonyl (C=O) groups is 1. The normalized spacial score (nSPS) is 18.7. The van der Waals surface area contributed by atoms with Crippen molar-refractivity contribution in [1.29, 1.82) is 0 Å². The third-order valence-corrected chi connectivity index (χ3v) is 3.82. The van der Waals surface area contributed by atoms with E-state index < -0.39 is 0 Å². The van der Waals surface area contributed by atoms with Gasteiger partial charge in [0.1, 0.15) is 6.54 Å². The summed E-state index contributed by atoms with van der Waals surface area (Å²) < 4.78 is 1.67. The van der Waals surface area contributed by atoms with E-state index in [0.29, 0.717) is 6.54 Å². The van der Waals surface area contributed by atoms with Crippen molar-refractivity contribution in [3.05, 3.63) is 42.2 Å². The van der Waals surface area contributed by atoms with Gasteiger partial charge in [-0.3, -0.25) is 19.4 Å². The maximum absolute atomic E-state index is 12.3. The molecular weight excluding hydrogens is 266 g/mol. The van der Waals surface area contributed by atoms with Crippen molar-refractivity contribution < 1.29 is 4.79 Å². The van der Waals surface area contributed by atoms with Gasteiger partial charge in [0.15, 0.2) is 0 Å². The van der Waals surface area contributed by atoms with Crippen LogP contribution in [0.15, 0.2) is 30.9 Å². The van der Waals surface area contributed by atoms with Gasteiger partial charge in [-0.1, -0.05) is 0 Å². The average molecular weight is 285 g/mol. The standard InChI is InChI=1S/C15H19N5O/c1-12-8-16-9-14(18-12)13-4-2-6-19(10-13)15(21)11-20-7-3-5-17-20/h3,5,7-9,13H,2,4,6,10-11H2,1H3/t13-/m1/s1. The smallest absolute Gasteiger partial charge is 0.244 e. The third kappa shape index (κ3) is 3.26. The van der Waals surface area contributed by atoms with Crippen LogP contribution in [-0.2, 0) is 11.3 Å². The minimum Gasteiger partial charge on any atom is -0.340 e. The Morgan fingerprint density at radius 3 is 3.10 bits per heavy atom. The molecule has 2 aromatic rings. The topological polar surface area (TPSA) is 63.9 Å². The highest BCUT2D eigenvalue weighted by molar-refractivity contribution is 5.76. The van der Waals surface area contributed by atoms with Gasteiger partial charge in [0.25, 0.3) is 0 Å². The second-order valence-corrected chi connectivity index (χ2v) is 5.47. The van der Waals surface area contributed by atoms with Gasteiger partial charge in [-0.25, -0.2) is 0 Å². The number of likely N-dealkylation sites (tertiary alicyclic amines) is 1. The maximum atomic E-state index is 12.3. The van der Waals surface area contributed by atoms with Crippen LogP contribution in [0.5, 0.6) is 0 Å². The molecule has 21 heavy (non-hydrogen) atoms. The first-order chi connectivity index (χ1) is 10.2. The molecule has 1 aliphatic heterocycles. The van der Waals surface area contributed by atoms with E-state index in [9.17, 15) is 4.79 Å². The van der Waals surface area contributed by atoms with Crippen molar-refractivity contribution in [3.63, 3.8) is 0 Å². The molecule has 0 radical (unpaired) electrons. The molecule has 1 fully saturated rings. The van der Waals surface area contributed by atoms with Crippen LogP contribution in [0.3, 0.4) is 0 Å². The fourth-order valence-corrected chi connectivity index (χ4v) is 2.76. The quantitative estimate of drug-likeness (QED) is 0.855. The van der Waals surface area contributed by atoms with Crippen molar-refractivity contribution in [1.82, 2.24) is 24.6 Å². The lowest BCUT2D eigenvalue weighted by atomic mass is 9.95. The minimum absolute atomic E-state index is 0.115. The zero-order valence-electron chi connectivity index (χ0n) is 12.1. The molecule has 0 spiro atoms. The van der Waals surface area contributed by atoms with E-state index in [4.69, 9.17) is 0 Å². The molecule has 110 valence electrons. The third-order valence-electron chi connectivity index (χ3n) is 3.82. The lowest BCUT2D eigenvalue weighted by Gasteiger charge is -2.32. The number of amides is 1. The van der Waals surface area contributed by atoms with Crippen LogP contribution in [0.25, 0.3) is 0 Å². The molecule has 3 heterocycles. The maximum Gasteiger partial charge on any atom is 0.244 e. The van der Waals surface area contributed by atoms with E-state index in [1.165, 1.54) is 0 Å². The van der Waals surface area contributed by atoms with Crippen LogP contribution in [0, 0.1) is 6.92 Å². The van der Waals surface area contributed by atoms with Gasteiger partial charge in [0.2, 0.25) is 5.91 Å². The molecule has 6 heteroatoms. The number of carbonyl (C=O) groups excluding carboxylic acids is 1. The van der Waals surface area contributed by atoms with Crippen LogP contribution in [0.4, 0.5) is 0 Å². The molecule has 3 rings (SSSR count). The molecule has 0 aromatic carbocycles. The lowest BCUT2D eigenvalue weighted by molar-refractivity contribution is -0.133. The fourth-order valence-electron chi connectivity index (χ4n) is 2.76. The van der Waals surface area contributed by atoms with Crippen LogP contribution < -0.4 is 0 Å². The van der Waals surface area contributed by atoms with E-state index in [0.717, 1.165) is 37.3 Å². The summed E-state index contributed by atoms with van der Waals surface area (Å²) in [5.74, 6) is 0.400. The number of nitrogens with zero attached hydrogens (tertiary/aromatic N) is 5. The summed E-state index contributed by atoms with van der Waals surface area (Å²) in [7, 11) is 0. The van der Waals surface area contributed by atoms with E-state index in [2.05, 4.69) is 15.1 Å². The van der Waals surface area contributed by atoms with E-state index >= 15 is 0 Å². The predicted octanol–water partition coefficient (Wildman–Crippen LogP) is 1.39. The molecule has 0 unspecified atom stereocenters. The first kappa shape index (κ1) is 13.7. The second kappa shape index (κ2) is 6.03. The Morgan fingerprint density at radius 1 is 1.43 bits per heavy atom. The van der Waals surface area contributed by atoms with Gasteiger partial charge in [0, 0.05) is 43.8 Å². The molecule has 6 nitrogen and oxygen atoms in total. The Bertz CT molecular complexity index is 610. The van der Waals surface area contributed by atoms with Gasteiger partial charge in [-0.2, -0.15) is 5.10 Å². The summed E-state index contributed by atoms with van der Waals surface area (Å²) in [6, 6.07) is 1.83. The van der Waals surface area contributed by atoms with E-state index in [-0.39, 0.29) is 11.8 Å². The fraction of sp³-hybridized carbons (Fsp3) is 0.467. The van der Waals surface area contributed by atoms with Crippen LogP contribution in [0.2, 0.25) is 0 Å². The highest BCUT2D eigenvalue weighted by Gasteiger charge is 2.25. The summed E-state index contributed by atoms with van der Waals surface area (Å²) in [5.41, 5.74) is 1.92. The van der Waals surface area contributed by atoms with Crippen LogP contribution in [-0.4, -0.2) is 43.6 Å². The molecule has 1 atom stereocenters. The van der Waals surface area contributed by atoms with Crippen molar-refractivity contribution >= 4 is 5.91 Å². The summed E-state index contributed by atoms with van der Waals surface area (Å²) >= 11 is 0. The second-order valence-electron chi connectivity index (χ2n) is 5.47. The number of rotatable bonds is 3. The SMILES string of the molecule is Cc1cncc([C@@H]2CCCN(C(=O)Cn3cccn3)C2)n1. The van der Waals surface area contributed by atoms with Crippen molar-refractivity contribution in [2.75, 3.05) is 13.1 Å². The number of aryl methyl sites for hydroxylation is 1. The zero-order valence-corrected chi connectivity index (χ0v) is 12.1. The van der Waals surface area contributed by atoms with Crippen molar-refractivity contribution in [3.8, 4) is 0 Å². The molecule has 1 saturated heterocycles. The molecule has 0 bridgehead atoms. The summed E-state index contributed by atoms with van der Waals surface area (Å²) in [4.78, 5) is 23.0. The van der Waals surface area contributed by atoms with Gasteiger partial charge in [-0.05, 0) is 25.8 Å². The Balaban J connectivity index is 1.66. The average Bonchev–Trinajstić information content (AvgIpc) is 3.00. The largest absolute Gasteiger partial charge is 0.340 e. The summed E-state index contributed by atoms with van der Waals surface area (Å²) in [6.45, 7) is 3.78. The molecule has 2 aromatic heterocycles.